The molecule has 0 radical (unpaired) electrons. The Morgan fingerprint density at radius 1 is 1.29 bits per heavy atom. The van der Waals surface area contributed by atoms with Gasteiger partial charge in [-0.05, 0) is 20.8 Å². The molecule has 0 bridgehead atoms. The van der Waals surface area contributed by atoms with Crippen LogP contribution in [0.3, 0.4) is 0 Å². The molecule has 4 nitrogen and oxygen atoms in total. The minimum atomic E-state index is -0.845. The molecule has 1 N–H and O–H groups in total. The molecule has 0 heterocycles. The molecule has 0 atom stereocenters. The molecule has 0 fully saturated rings. The van der Waals surface area contributed by atoms with E-state index in [-0.39, 0.29) is 5.97 Å². The molecular weight excluding hydrogens is 184 g/mol. The maximum absolute atomic E-state index is 10.1. The molecule has 14 heavy (non-hydrogen) atoms. The third-order valence-corrected chi connectivity index (χ3v) is 1.27. The predicted octanol–water partition coefficient (Wildman–Crippen LogP) is 1.77. The molecule has 0 aromatic rings. The number of rotatable bonds is 2. The molecule has 0 aliphatic heterocycles. The minimum absolute atomic E-state index is 0.303. The predicted molar refractivity (Wildman–Crippen MR) is 53.9 cm³/mol. The van der Waals surface area contributed by atoms with Crippen LogP contribution in [0.15, 0.2) is 23.8 Å². The number of hydrogen-bond donors (Lipinski definition) is 1. The van der Waals surface area contributed by atoms with Crippen molar-refractivity contribution in [1.82, 2.24) is 0 Å². The lowest BCUT2D eigenvalue weighted by Gasteiger charge is -1.84. The summed E-state index contributed by atoms with van der Waals surface area (Å²) < 4.78 is 4.26. The van der Waals surface area contributed by atoms with Gasteiger partial charge in [-0.1, -0.05) is 12.2 Å². The maximum Gasteiger partial charge on any atom is 0.330 e. The van der Waals surface area contributed by atoms with Crippen LogP contribution in [0, 0.1) is 0 Å². The van der Waals surface area contributed by atoms with E-state index in [2.05, 4.69) is 4.74 Å². The third kappa shape index (κ3) is 10.4. The smallest absolute Gasteiger partial charge is 0.330 e. The highest BCUT2D eigenvalue weighted by atomic mass is 16.5. The van der Waals surface area contributed by atoms with E-state index in [4.69, 9.17) is 5.11 Å². The number of carbonyl (C=O) groups is 2. The van der Waals surface area contributed by atoms with E-state index < -0.39 is 5.97 Å². The first-order chi connectivity index (χ1) is 6.49. The molecule has 80 valence electrons. The van der Waals surface area contributed by atoms with Crippen LogP contribution in [0.25, 0.3) is 0 Å². The molecule has 0 spiro atoms. The standard InChI is InChI=1S/2C5H8O2/c1-3-4-5(6)7-2;1-3-4(2)5(6)7/h3-4H,1-2H3;3H,1-2H3,(H,6,7)/b2*4-3+. The molecule has 0 aliphatic rings. The normalized spacial score (nSPS) is 10.4. The van der Waals surface area contributed by atoms with Gasteiger partial charge in [0.25, 0.3) is 0 Å². The molecule has 0 saturated heterocycles. The average Bonchev–Trinajstić information content (AvgIpc) is 2.17. The summed E-state index contributed by atoms with van der Waals surface area (Å²) in [6.45, 7) is 5.02. The van der Waals surface area contributed by atoms with Gasteiger partial charge in [0.2, 0.25) is 0 Å². The van der Waals surface area contributed by atoms with E-state index in [0.29, 0.717) is 5.57 Å². The number of aliphatic carboxylic acids is 1. The largest absolute Gasteiger partial charge is 0.478 e. The van der Waals surface area contributed by atoms with Gasteiger partial charge in [-0.15, -0.1) is 0 Å². The number of methoxy groups -OCH3 is 1. The average molecular weight is 200 g/mol. The second-order valence-electron chi connectivity index (χ2n) is 2.30. The van der Waals surface area contributed by atoms with Gasteiger partial charge in [0, 0.05) is 11.6 Å². The van der Waals surface area contributed by atoms with E-state index in [1.807, 2.05) is 0 Å². The van der Waals surface area contributed by atoms with Gasteiger partial charge in [-0.3, -0.25) is 0 Å². The highest BCUT2D eigenvalue weighted by Crippen LogP contribution is 1.87. The number of hydrogen-bond acceptors (Lipinski definition) is 3. The van der Waals surface area contributed by atoms with Crippen LogP contribution in [0.1, 0.15) is 20.8 Å². The van der Waals surface area contributed by atoms with Crippen LogP contribution in [0.4, 0.5) is 0 Å². The van der Waals surface area contributed by atoms with Crippen LogP contribution < -0.4 is 0 Å². The third-order valence-electron chi connectivity index (χ3n) is 1.27. The Kier molecular flexibility index (Phi) is 10.1. The Labute approximate surface area is 83.9 Å². The van der Waals surface area contributed by atoms with Crippen molar-refractivity contribution in [2.24, 2.45) is 0 Å². The zero-order chi connectivity index (χ0) is 11.6. The Bertz CT molecular complexity index is 237. The lowest BCUT2D eigenvalue weighted by atomic mass is 10.3. The van der Waals surface area contributed by atoms with Gasteiger partial charge in [0.1, 0.15) is 0 Å². The Morgan fingerprint density at radius 2 is 1.79 bits per heavy atom. The Hall–Kier alpha value is -1.58. The quantitative estimate of drug-likeness (QED) is 0.545. The van der Waals surface area contributed by atoms with Crippen LogP contribution in [0.2, 0.25) is 0 Å². The highest BCUT2D eigenvalue weighted by Gasteiger charge is 1.93. The number of esters is 1. The molecule has 0 aromatic carbocycles. The fourth-order valence-electron chi connectivity index (χ4n) is 0.328. The van der Waals surface area contributed by atoms with Gasteiger partial charge in [-0.2, -0.15) is 0 Å². The molecule has 0 saturated carbocycles. The first-order valence-corrected chi connectivity index (χ1v) is 4.06. The van der Waals surface area contributed by atoms with Gasteiger partial charge >= 0.3 is 11.9 Å². The van der Waals surface area contributed by atoms with Crippen molar-refractivity contribution < 1.29 is 19.4 Å². The second kappa shape index (κ2) is 9.51. The Morgan fingerprint density at radius 3 is 1.86 bits per heavy atom. The molecule has 4 heteroatoms. The summed E-state index contributed by atoms with van der Waals surface area (Å²) in [5, 5.41) is 8.11. The monoisotopic (exact) mass is 200 g/mol. The van der Waals surface area contributed by atoms with E-state index in [9.17, 15) is 9.59 Å². The number of carbonyl (C=O) groups excluding carboxylic acids is 1. The summed E-state index contributed by atoms with van der Waals surface area (Å²) in [5.74, 6) is -1.15. The molecule has 0 amide bonds. The van der Waals surface area contributed by atoms with Crippen molar-refractivity contribution >= 4 is 11.9 Å². The fraction of sp³-hybridized carbons (Fsp3) is 0.400. The summed E-state index contributed by atoms with van der Waals surface area (Å²) in [7, 11) is 1.35. The maximum atomic E-state index is 10.1. The molecule has 0 aromatic heterocycles. The lowest BCUT2D eigenvalue weighted by Crippen LogP contribution is -1.93. The molecular formula is C10H16O4. The first kappa shape index (κ1) is 14.9. The number of carboxylic acids is 1. The summed E-state index contributed by atoms with van der Waals surface area (Å²) in [5.41, 5.74) is 0.389. The molecule has 0 aliphatic carbocycles. The zero-order valence-electron chi connectivity index (χ0n) is 8.90. The van der Waals surface area contributed by atoms with Gasteiger partial charge < -0.3 is 9.84 Å². The van der Waals surface area contributed by atoms with Crippen molar-refractivity contribution in [3.63, 3.8) is 0 Å². The van der Waals surface area contributed by atoms with Crippen LogP contribution >= 0.6 is 0 Å². The Balaban J connectivity index is 0. The SMILES string of the molecule is C/C=C(\C)C(=O)O.C/C=C/C(=O)OC. The van der Waals surface area contributed by atoms with E-state index in [0.717, 1.165) is 0 Å². The second-order valence-corrected chi connectivity index (χ2v) is 2.30. The molecule has 0 unspecified atom stereocenters. The summed E-state index contributed by atoms with van der Waals surface area (Å²) >= 11 is 0. The first-order valence-electron chi connectivity index (χ1n) is 4.06. The van der Waals surface area contributed by atoms with E-state index in [1.54, 1.807) is 32.9 Å². The highest BCUT2D eigenvalue weighted by molar-refractivity contribution is 5.85. The number of carboxylic acid groups (broad SMARTS) is 1. The van der Waals surface area contributed by atoms with Crippen LogP contribution in [-0.2, 0) is 14.3 Å². The van der Waals surface area contributed by atoms with Crippen molar-refractivity contribution in [3.05, 3.63) is 23.8 Å². The minimum Gasteiger partial charge on any atom is -0.478 e. The summed E-state index contributed by atoms with van der Waals surface area (Å²) in [4.78, 5) is 20.0. The van der Waals surface area contributed by atoms with Crippen molar-refractivity contribution in [2.75, 3.05) is 7.11 Å². The van der Waals surface area contributed by atoms with Crippen molar-refractivity contribution in [2.45, 2.75) is 20.8 Å². The summed E-state index contributed by atoms with van der Waals surface area (Å²) in [6, 6.07) is 0. The fourth-order valence-corrected chi connectivity index (χ4v) is 0.328. The molecule has 0 rings (SSSR count). The van der Waals surface area contributed by atoms with Gasteiger partial charge in [0.15, 0.2) is 0 Å². The van der Waals surface area contributed by atoms with Crippen molar-refractivity contribution in [1.29, 1.82) is 0 Å². The zero-order valence-corrected chi connectivity index (χ0v) is 8.90. The van der Waals surface area contributed by atoms with Crippen LogP contribution in [0.5, 0.6) is 0 Å². The van der Waals surface area contributed by atoms with E-state index in [1.165, 1.54) is 13.2 Å². The van der Waals surface area contributed by atoms with Gasteiger partial charge in [-0.25, -0.2) is 9.59 Å². The van der Waals surface area contributed by atoms with Crippen molar-refractivity contribution in [3.8, 4) is 0 Å². The van der Waals surface area contributed by atoms with E-state index >= 15 is 0 Å². The van der Waals surface area contributed by atoms with Crippen LogP contribution in [-0.4, -0.2) is 24.2 Å². The van der Waals surface area contributed by atoms with Gasteiger partial charge in [0.05, 0.1) is 7.11 Å². The number of ether oxygens (including phenoxy) is 1. The number of allylic oxidation sites excluding steroid dienone is 2. The topological polar surface area (TPSA) is 63.6 Å². The lowest BCUT2D eigenvalue weighted by molar-refractivity contribution is -0.135. The summed E-state index contributed by atoms with van der Waals surface area (Å²) in [6.07, 6.45) is 4.55.